The number of halogens is 3. The second kappa shape index (κ2) is 13.1. The molecule has 0 aliphatic carbocycles. The number of fused-ring (bicyclic) bond motifs is 1. The number of alkyl halides is 3. The number of nitrogens with zero attached hydrogens (tertiary/aromatic N) is 2. The van der Waals surface area contributed by atoms with E-state index in [4.69, 9.17) is 4.42 Å². The van der Waals surface area contributed by atoms with Crippen LogP contribution in [0.4, 0.5) is 13.2 Å². The highest BCUT2D eigenvalue weighted by Crippen LogP contribution is 2.37. The summed E-state index contributed by atoms with van der Waals surface area (Å²) in [5, 5.41) is 2.10. The summed E-state index contributed by atoms with van der Waals surface area (Å²) in [6.45, 7) is 2.51. The van der Waals surface area contributed by atoms with E-state index in [9.17, 15) is 26.4 Å². The smallest absolute Gasteiger partial charge is 0.449 e. The summed E-state index contributed by atoms with van der Waals surface area (Å²) < 4.78 is 72.6. The fraction of sp³-hybridized carbons (Fsp3) is 0.206. The monoisotopic (exact) mass is 652 g/mol. The van der Waals surface area contributed by atoms with Gasteiger partial charge < -0.3 is 9.32 Å². The van der Waals surface area contributed by atoms with Crippen LogP contribution in [0, 0.1) is 6.92 Å². The van der Waals surface area contributed by atoms with Crippen molar-refractivity contribution in [2.75, 3.05) is 19.8 Å². The fourth-order valence-electron chi connectivity index (χ4n) is 4.76. The molecule has 0 spiro atoms. The largest absolute Gasteiger partial charge is 0.455 e. The van der Waals surface area contributed by atoms with Crippen LogP contribution in [0.2, 0.25) is 0 Å². The number of sulfone groups is 1. The number of rotatable bonds is 10. The second-order valence-electron chi connectivity index (χ2n) is 10.9. The fourth-order valence-corrected chi connectivity index (χ4v) is 7.26. The lowest BCUT2D eigenvalue weighted by molar-refractivity contribution is -0.153. The van der Waals surface area contributed by atoms with Crippen molar-refractivity contribution >= 4 is 38.5 Å². The third-order valence-corrected chi connectivity index (χ3v) is 10.1. The summed E-state index contributed by atoms with van der Waals surface area (Å²) in [6, 6.07) is 28.3. The molecular weight excluding hydrogens is 622 g/mol. The average molecular weight is 653 g/mol. The molecule has 0 atom stereocenters. The van der Waals surface area contributed by atoms with Gasteiger partial charge in [-0.3, -0.25) is 4.79 Å². The van der Waals surface area contributed by atoms with Gasteiger partial charge in [-0.25, -0.2) is 12.7 Å². The quantitative estimate of drug-likeness (QED) is 0.143. The molecule has 1 aromatic heterocycles. The molecule has 5 aromatic rings. The molecule has 1 amide bonds. The Bertz CT molecular complexity index is 1940. The van der Waals surface area contributed by atoms with Crippen LogP contribution in [0.3, 0.4) is 0 Å². The molecule has 45 heavy (non-hydrogen) atoms. The summed E-state index contributed by atoms with van der Waals surface area (Å²) in [5.41, 5.74) is 3.39. The lowest BCUT2D eigenvalue weighted by Crippen LogP contribution is -2.29. The van der Waals surface area contributed by atoms with E-state index in [2.05, 4.69) is 0 Å². The molecule has 0 radical (unpaired) electrons. The Morgan fingerprint density at radius 1 is 0.844 bits per heavy atom. The molecule has 6 nitrogen and oxygen atoms in total. The minimum atomic E-state index is -4.57. The van der Waals surface area contributed by atoms with Crippen molar-refractivity contribution < 1.29 is 30.8 Å². The van der Waals surface area contributed by atoms with Crippen molar-refractivity contribution in [1.82, 2.24) is 9.21 Å². The molecule has 5 rings (SSSR count). The molecular formula is C34H31F3N2O4S2. The third kappa shape index (κ3) is 7.78. The van der Waals surface area contributed by atoms with Crippen molar-refractivity contribution in [2.45, 2.75) is 36.0 Å². The summed E-state index contributed by atoms with van der Waals surface area (Å²) in [7, 11) is -0.811. The summed E-state index contributed by atoms with van der Waals surface area (Å²) in [5.74, 6) is -1.97. The lowest BCUT2D eigenvalue weighted by Gasteiger charge is -2.22. The molecule has 234 valence electrons. The van der Waals surface area contributed by atoms with Crippen LogP contribution >= 0.6 is 11.9 Å². The Labute approximate surface area is 264 Å². The minimum absolute atomic E-state index is 0.0592. The SMILES string of the molecule is Cc1ccc2ccccc2c1SN(Cc1ccc(-c2cccc(S(=O)(=O)CC(=O)N(C)C)c2)cc1)Cc1ccc(C(F)(F)F)o1. The van der Waals surface area contributed by atoms with Crippen LogP contribution in [-0.2, 0) is 33.9 Å². The maximum atomic E-state index is 13.3. The average Bonchev–Trinajstić information content (AvgIpc) is 3.48. The topological polar surface area (TPSA) is 70.8 Å². The lowest BCUT2D eigenvalue weighted by atomic mass is 10.0. The molecule has 0 bridgehead atoms. The predicted octanol–water partition coefficient (Wildman–Crippen LogP) is 8.00. The van der Waals surface area contributed by atoms with Crippen molar-refractivity contribution in [2.24, 2.45) is 0 Å². The summed E-state index contributed by atoms with van der Waals surface area (Å²) in [6.07, 6.45) is -4.57. The molecule has 0 unspecified atom stereocenters. The zero-order valence-corrected chi connectivity index (χ0v) is 26.5. The molecule has 0 aliphatic heterocycles. The first kappa shape index (κ1) is 32.3. The van der Waals surface area contributed by atoms with Crippen molar-refractivity contribution in [3.8, 4) is 11.1 Å². The molecule has 0 saturated heterocycles. The van der Waals surface area contributed by atoms with E-state index >= 15 is 0 Å². The van der Waals surface area contributed by atoms with E-state index in [-0.39, 0.29) is 17.2 Å². The Balaban J connectivity index is 1.41. The van der Waals surface area contributed by atoms with E-state index < -0.39 is 33.4 Å². The predicted molar refractivity (Wildman–Crippen MR) is 170 cm³/mol. The van der Waals surface area contributed by atoms with E-state index in [1.54, 1.807) is 18.2 Å². The van der Waals surface area contributed by atoms with Gasteiger partial charge in [-0.05, 0) is 76.2 Å². The van der Waals surface area contributed by atoms with Crippen LogP contribution < -0.4 is 0 Å². The zero-order valence-electron chi connectivity index (χ0n) is 24.8. The van der Waals surface area contributed by atoms with Crippen LogP contribution in [0.5, 0.6) is 0 Å². The number of furan rings is 1. The van der Waals surface area contributed by atoms with Gasteiger partial charge in [0.1, 0.15) is 11.5 Å². The first-order valence-corrected chi connectivity index (χ1v) is 16.4. The molecule has 0 saturated carbocycles. The number of hydrogen-bond acceptors (Lipinski definition) is 6. The molecule has 0 fully saturated rings. The number of carbonyl (C=O) groups excluding carboxylic acids is 1. The Hall–Kier alpha value is -4.06. The van der Waals surface area contributed by atoms with Gasteiger partial charge in [0.2, 0.25) is 11.7 Å². The normalized spacial score (nSPS) is 12.2. The van der Waals surface area contributed by atoms with Gasteiger partial charge in [0, 0.05) is 25.5 Å². The van der Waals surface area contributed by atoms with Gasteiger partial charge in [0.25, 0.3) is 0 Å². The van der Waals surface area contributed by atoms with Gasteiger partial charge >= 0.3 is 6.18 Å². The maximum absolute atomic E-state index is 13.3. The zero-order chi connectivity index (χ0) is 32.4. The molecule has 11 heteroatoms. The van der Waals surface area contributed by atoms with E-state index in [1.807, 2.05) is 71.9 Å². The van der Waals surface area contributed by atoms with Crippen molar-refractivity contribution in [3.05, 3.63) is 120 Å². The summed E-state index contributed by atoms with van der Waals surface area (Å²) >= 11 is 1.46. The number of amides is 1. The highest BCUT2D eigenvalue weighted by atomic mass is 32.2. The Kier molecular flexibility index (Phi) is 9.43. The first-order valence-electron chi connectivity index (χ1n) is 14.0. The van der Waals surface area contributed by atoms with Crippen LogP contribution in [0.1, 0.15) is 22.6 Å². The number of hydrogen-bond donors (Lipinski definition) is 0. The van der Waals surface area contributed by atoms with Gasteiger partial charge in [0.05, 0.1) is 11.4 Å². The van der Waals surface area contributed by atoms with Crippen LogP contribution in [-0.4, -0.2) is 43.4 Å². The van der Waals surface area contributed by atoms with Crippen LogP contribution in [0.15, 0.2) is 111 Å². The highest BCUT2D eigenvalue weighted by Gasteiger charge is 2.35. The van der Waals surface area contributed by atoms with Gasteiger partial charge in [0.15, 0.2) is 9.84 Å². The standard InChI is InChI=1S/C34H31F3N2O4S2/c1-23-11-14-26-7-4-5-10-30(26)33(23)44-39(21-28-17-18-31(43-28)34(35,36)37)20-24-12-15-25(16-13-24)27-8-6-9-29(19-27)45(41,42)22-32(40)38(2)3/h4-19H,20-22H2,1-3H3. The highest BCUT2D eigenvalue weighted by molar-refractivity contribution is 7.97. The minimum Gasteiger partial charge on any atom is -0.455 e. The third-order valence-electron chi connectivity index (χ3n) is 7.22. The van der Waals surface area contributed by atoms with E-state index in [1.165, 1.54) is 43.1 Å². The number of benzene rings is 4. The van der Waals surface area contributed by atoms with Gasteiger partial charge in [-0.2, -0.15) is 13.2 Å². The Morgan fingerprint density at radius 3 is 2.27 bits per heavy atom. The van der Waals surface area contributed by atoms with Gasteiger partial charge in [-0.15, -0.1) is 0 Å². The molecule has 1 heterocycles. The van der Waals surface area contributed by atoms with Crippen LogP contribution in [0.25, 0.3) is 21.9 Å². The first-order chi connectivity index (χ1) is 21.3. The van der Waals surface area contributed by atoms with E-state index in [0.29, 0.717) is 12.1 Å². The maximum Gasteiger partial charge on any atom is 0.449 e. The molecule has 4 aromatic carbocycles. The number of carbonyl (C=O) groups is 1. The number of aryl methyl sites for hydroxylation is 1. The molecule has 0 aliphatic rings. The second-order valence-corrected chi connectivity index (χ2v) is 14.0. The van der Waals surface area contributed by atoms with Crippen molar-refractivity contribution in [1.29, 1.82) is 0 Å². The van der Waals surface area contributed by atoms with Crippen molar-refractivity contribution in [3.63, 3.8) is 0 Å². The van der Waals surface area contributed by atoms with Gasteiger partial charge in [-0.1, -0.05) is 72.8 Å². The summed E-state index contributed by atoms with van der Waals surface area (Å²) in [4.78, 5) is 14.4. The Morgan fingerprint density at radius 2 is 1.58 bits per heavy atom. The molecule has 0 N–H and O–H groups in total. The van der Waals surface area contributed by atoms with E-state index in [0.717, 1.165) is 38.4 Å².